The predicted octanol–water partition coefficient (Wildman–Crippen LogP) is 3.48. The molecule has 0 bridgehead atoms. The van der Waals surface area contributed by atoms with E-state index in [4.69, 9.17) is 17.3 Å². The summed E-state index contributed by atoms with van der Waals surface area (Å²) in [7, 11) is 1.09. The van der Waals surface area contributed by atoms with Gasteiger partial charge in [0.1, 0.15) is 5.82 Å². The molecule has 1 aromatic carbocycles. The Morgan fingerprint density at radius 2 is 2.00 bits per heavy atom. The summed E-state index contributed by atoms with van der Waals surface area (Å²) < 4.78 is 55.6. The van der Waals surface area contributed by atoms with Gasteiger partial charge in [0, 0.05) is 11.6 Å². The number of benzene rings is 1. The van der Waals surface area contributed by atoms with E-state index < -0.39 is 46.6 Å². The fraction of sp³-hybridized carbons (Fsp3) is 0.364. The van der Waals surface area contributed by atoms with Crippen LogP contribution in [-0.4, -0.2) is 13.1 Å². The Kier molecular flexibility index (Phi) is 6.73. The molecule has 0 aliphatic carbocycles. The number of hydrogen-bond donors (Lipinski definition) is 1. The van der Waals surface area contributed by atoms with Crippen LogP contribution in [0.5, 0.6) is 0 Å². The van der Waals surface area contributed by atoms with Crippen molar-refractivity contribution in [1.82, 2.24) is 0 Å². The number of rotatable bonds is 3. The van der Waals surface area contributed by atoms with E-state index in [1.165, 1.54) is 0 Å². The van der Waals surface area contributed by atoms with Crippen molar-refractivity contribution >= 4 is 30.0 Å². The number of carbonyl (C=O) groups excluding carboxylic acids is 1. The molecule has 9 heteroatoms. The van der Waals surface area contributed by atoms with Gasteiger partial charge in [-0.1, -0.05) is 11.6 Å². The van der Waals surface area contributed by atoms with Crippen LogP contribution < -0.4 is 5.73 Å². The highest BCUT2D eigenvalue weighted by Crippen LogP contribution is 2.35. The van der Waals surface area contributed by atoms with Crippen LogP contribution in [0.3, 0.4) is 0 Å². The maximum atomic E-state index is 13.6. The van der Waals surface area contributed by atoms with Crippen LogP contribution in [0.15, 0.2) is 12.1 Å². The van der Waals surface area contributed by atoms with E-state index in [-0.39, 0.29) is 12.4 Å². The van der Waals surface area contributed by atoms with Crippen molar-refractivity contribution in [2.24, 2.45) is 5.73 Å². The molecule has 0 heterocycles. The van der Waals surface area contributed by atoms with Crippen molar-refractivity contribution < 1.29 is 27.1 Å². The van der Waals surface area contributed by atoms with Gasteiger partial charge in [-0.15, -0.1) is 12.4 Å². The van der Waals surface area contributed by atoms with E-state index in [0.717, 1.165) is 7.11 Å². The number of carbonyl (C=O) groups is 1. The first-order valence-corrected chi connectivity index (χ1v) is 5.43. The van der Waals surface area contributed by atoms with Gasteiger partial charge >= 0.3 is 12.1 Å². The number of methoxy groups -OCH3 is 1. The van der Waals surface area contributed by atoms with Crippen molar-refractivity contribution in [2.45, 2.75) is 18.6 Å². The van der Waals surface area contributed by atoms with Gasteiger partial charge in [0.2, 0.25) is 0 Å². The molecule has 0 amide bonds. The first-order valence-electron chi connectivity index (χ1n) is 5.05. The summed E-state index contributed by atoms with van der Waals surface area (Å²) in [4.78, 5) is 11.0. The molecule has 0 saturated carbocycles. The largest absolute Gasteiger partial charge is 0.469 e. The lowest BCUT2D eigenvalue weighted by molar-refractivity contribution is -0.141. The maximum absolute atomic E-state index is 13.6. The van der Waals surface area contributed by atoms with Crippen LogP contribution in [0.4, 0.5) is 17.6 Å². The Morgan fingerprint density at radius 3 is 2.45 bits per heavy atom. The third-order valence-electron chi connectivity index (χ3n) is 2.40. The molecule has 0 unspecified atom stereocenters. The van der Waals surface area contributed by atoms with Gasteiger partial charge in [0.25, 0.3) is 0 Å². The fourth-order valence-corrected chi connectivity index (χ4v) is 1.64. The summed E-state index contributed by atoms with van der Waals surface area (Å²) >= 11 is 5.39. The molecule has 2 N–H and O–H groups in total. The van der Waals surface area contributed by atoms with E-state index >= 15 is 0 Å². The lowest BCUT2D eigenvalue weighted by atomic mass is 10.0. The normalized spacial score (nSPS) is 12.6. The van der Waals surface area contributed by atoms with Crippen LogP contribution in [0.25, 0.3) is 0 Å². The monoisotopic (exact) mass is 335 g/mol. The Labute approximate surface area is 123 Å². The molecular weight excluding hydrogens is 325 g/mol. The molecule has 1 aromatic rings. The summed E-state index contributed by atoms with van der Waals surface area (Å²) in [6.45, 7) is 0. The predicted molar refractivity (Wildman–Crippen MR) is 67.2 cm³/mol. The summed E-state index contributed by atoms with van der Waals surface area (Å²) in [5.74, 6) is -1.84. The zero-order valence-corrected chi connectivity index (χ0v) is 11.7. The van der Waals surface area contributed by atoms with Crippen LogP contribution in [0.1, 0.15) is 23.6 Å². The minimum atomic E-state index is -4.68. The number of ether oxygens (including phenoxy) is 1. The van der Waals surface area contributed by atoms with Crippen LogP contribution in [0.2, 0.25) is 5.02 Å². The van der Waals surface area contributed by atoms with Gasteiger partial charge in [0.05, 0.1) is 24.1 Å². The number of esters is 1. The van der Waals surface area contributed by atoms with Crippen molar-refractivity contribution in [3.05, 3.63) is 34.1 Å². The van der Waals surface area contributed by atoms with E-state index in [1.54, 1.807) is 0 Å². The Morgan fingerprint density at radius 1 is 1.45 bits per heavy atom. The zero-order chi connectivity index (χ0) is 14.8. The van der Waals surface area contributed by atoms with Crippen molar-refractivity contribution in [1.29, 1.82) is 0 Å². The summed E-state index contributed by atoms with van der Waals surface area (Å²) in [5, 5.41) is -0.704. The zero-order valence-electron chi connectivity index (χ0n) is 10.1. The highest BCUT2D eigenvalue weighted by Gasteiger charge is 2.33. The van der Waals surface area contributed by atoms with Gasteiger partial charge in [-0.2, -0.15) is 13.2 Å². The average molecular weight is 336 g/mol. The van der Waals surface area contributed by atoms with E-state index in [2.05, 4.69) is 4.74 Å². The molecule has 0 saturated heterocycles. The van der Waals surface area contributed by atoms with Gasteiger partial charge < -0.3 is 10.5 Å². The first-order chi connectivity index (χ1) is 8.66. The third-order valence-corrected chi connectivity index (χ3v) is 2.67. The smallest absolute Gasteiger partial charge is 0.416 e. The molecule has 0 fully saturated rings. The number of halogens is 6. The Bertz CT molecular complexity index is 494. The minimum Gasteiger partial charge on any atom is -0.469 e. The molecule has 0 radical (unpaired) electrons. The fourth-order valence-electron chi connectivity index (χ4n) is 1.42. The maximum Gasteiger partial charge on any atom is 0.416 e. The number of hydrogen-bond acceptors (Lipinski definition) is 3. The number of nitrogens with two attached hydrogens (primary N) is 1. The van der Waals surface area contributed by atoms with Gasteiger partial charge in [0.15, 0.2) is 0 Å². The quantitative estimate of drug-likeness (QED) is 0.679. The van der Waals surface area contributed by atoms with Crippen LogP contribution >= 0.6 is 24.0 Å². The van der Waals surface area contributed by atoms with E-state index in [0.29, 0.717) is 12.1 Å². The van der Waals surface area contributed by atoms with E-state index in [1.807, 2.05) is 0 Å². The topological polar surface area (TPSA) is 52.3 Å². The molecule has 0 aliphatic rings. The molecule has 1 atom stereocenters. The lowest BCUT2D eigenvalue weighted by Gasteiger charge is -2.15. The number of alkyl halides is 3. The summed E-state index contributed by atoms with van der Waals surface area (Å²) in [6, 6.07) is -0.271. The molecular formula is C11H11Cl2F4NO2. The molecule has 20 heavy (non-hydrogen) atoms. The Balaban J connectivity index is 0.00000361. The highest BCUT2D eigenvalue weighted by molar-refractivity contribution is 6.30. The molecule has 114 valence electrons. The Hall–Kier alpha value is -1.05. The van der Waals surface area contributed by atoms with Crippen molar-refractivity contribution in [2.75, 3.05) is 7.11 Å². The van der Waals surface area contributed by atoms with Gasteiger partial charge in [-0.25, -0.2) is 4.39 Å². The second kappa shape index (κ2) is 7.10. The molecule has 0 aliphatic heterocycles. The third kappa shape index (κ3) is 4.50. The van der Waals surface area contributed by atoms with Crippen LogP contribution in [0, 0.1) is 5.82 Å². The molecule has 3 nitrogen and oxygen atoms in total. The highest BCUT2D eigenvalue weighted by atomic mass is 35.5. The van der Waals surface area contributed by atoms with Crippen molar-refractivity contribution in [3.63, 3.8) is 0 Å². The van der Waals surface area contributed by atoms with Crippen LogP contribution in [-0.2, 0) is 15.7 Å². The standard InChI is InChI=1S/C11H10ClF4NO2.ClH/c1-19-9(18)4-8(17)6-2-5(11(14,15)16)3-7(12)10(6)13;/h2-3,8H,4,17H2,1H3;1H/t8-;/m0./s1. The molecule has 0 spiro atoms. The average Bonchev–Trinajstić information content (AvgIpc) is 2.30. The van der Waals surface area contributed by atoms with Gasteiger partial charge in [-0.3, -0.25) is 4.79 Å². The SMILES string of the molecule is COC(=O)C[C@H](N)c1cc(C(F)(F)F)cc(Cl)c1F.Cl. The second-order valence-corrected chi connectivity index (χ2v) is 4.15. The summed E-state index contributed by atoms with van der Waals surface area (Å²) in [5.41, 5.74) is 3.87. The van der Waals surface area contributed by atoms with E-state index in [9.17, 15) is 22.4 Å². The second-order valence-electron chi connectivity index (χ2n) is 3.75. The van der Waals surface area contributed by atoms with Crippen molar-refractivity contribution in [3.8, 4) is 0 Å². The minimum absolute atomic E-state index is 0. The molecule has 1 rings (SSSR count). The van der Waals surface area contributed by atoms with Gasteiger partial charge in [-0.05, 0) is 12.1 Å². The lowest BCUT2D eigenvalue weighted by Crippen LogP contribution is -2.19. The first kappa shape index (κ1) is 18.9. The summed E-state index contributed by atoms with van der Waals surface area (Å²) in [6.07, 6.45) is -5.14. The molecule has 0 aromatic heterocycles.